The van der Waals surface area contributed by atoms with Crippen molar-refractivity contribution in [2.24, 2.45) is 0 Å². The Balaban J connectivity index is 2.18. The fourth-order valence-electron chi connectivity index (χ4n) is 2.00. The van der Waals surface area contributed by atoms with Crippen LogP contribution in [0, 0.1) is 18.6 Å². The standard InChI is InChI=1S/C16H16F2N2O/c1-3-20(13-6-4-5-11(2)9-13)16(21)19-12-7-8-14(17)15(18)10-12/h4-10H,3H2,1-2H3,(H,19,21). The topological polar surface area (TPSA) is 32.3 Å². The molecule has 5 heteroatoms. The fraction of sp³-hybridized carbons (Fsp3) is 0.188. The molecule has 1 N–H and O–H groups in total. The van der Waals surface area contributed by atoms with E-state index < -0.39 is 17.7 Å². The SMILES string of the molecule is CCN(C(=O)Nc1ccc(F)c(F)c1)c1cccc(C)c1. The molecule has 2 aromatic rings. The van der Waals surface area contributed by atoms with Gasteiger partial charge in [0.15, 0.2) is 11.6 Å². The monoisotopic (exact) mass is 290 g/mol. The van der Waals surface area contributed by atoms with Crippen LogP contribution in [0.5, 0.6) is 0 Å². The second-order valence-electron chi connectivity index (χ2n) is 4.64. The maximum absolute atomic E-state index is 13.1. The Morgan fingerprint density at radius 1 is 1.14 bits per heavy atom. The summed E-state index contributed by atoms with van der Waals surface area (Å²) < 4.78 is 26.0. The van der Waals surface area contributed by atoms with Crippen molar-refractivity contribution in [1.82, 2.24) is 0 Å². The third kappa shape index (κ3) is 3.56. The minimum Gasteiger partial charge on any atom is -0.307 e. The van der Waals surface area contributed by atoms with E-state index in [-0.39, 0.29) is 5.69 Å². The van der Waals surface area contributed by atoms with Gasteiger partial charge in [0.1, 0.15) is 0 Å². The molecule has 0 fully saturated rings. The maximum Gasteiger partial charge on any atom is 0.326 e. The van der Waals surface area contributed by atoms with Crippen LogP contribution in [0.4, 0.5) is 25.0 Å². The number of hydrogen-bond acceptors (Lipinski definition) is 1. The van der Waals surface area contributed by atoms with Gasteiger partial charge in [0.2, 0.25) is 0 Å². The molecule has 0 heterocycles. The number of aryl methyl sites for hydroxylation is 1. The molecular formula is C16H16F2N2O. The molecule has 2 rings (SSSR count). The molecule has 3 nitrogen and oxygen atoms in total. The lowest BCUT2D eigenvalue weighted by atomic mass is 10.2. The molecule has 2 aromatic carbocycles. The molecule has 0 saturated carbocycles. The second kappa shape index (κ2) is 6.35. The van der Waals surface area contributed by atoms with Gasteiger partial charge in [-0.25, -0.2) is 13.6 Å². The van der Waals surface area contributed by atoms with Gasteiger partial charge in [0, 0.05) is 24.0 Å². The summed E-state index contributed by atoms with van der Waals surface area (Å²) in [6, 6.07) is 10.4. The van der Waals surface area contributed by atoms with Gasteiger partial charge >= 0.3 is 6.03 Å². The van der Waals surface area contributed by atoms with Crippen LogP contribution >= 0.6 is 0 Å². The Labute approximate surface area is 122 Å². The maximum atomic E-state index is 13.1. The van der Waals surface area contributed by atoms with E-state index in [9.17, 15) is 13.6 Å². The highest BCUT2D eigenvalue weighted by atomic mass is 19.2. The number of carbonyl (C=O) groups is 1. The molecule has 0 aliphatic rings. The summed E-state index contributed by atoms with van der Waals surface area (Å²) in [5.74, 6) is -1.94. The lowest BCUT2D eigenvalue weighted by Gasteiger charge is -2.22. The number of hydrogen-bond donors (Lipinski definition) is 1. The number of carbonyl (C=O) groups excluding carboxylic acids is 1. The molecule has 0 aromatic heterocycles. The van der Waals surface area contributed by atoms with Crippen LogP contribution < -0.4 is 10.2 Å². The van der Waals surface area contributed by atoms with E-state index in [1.807, 2.05) is 38.1 Å². The summed E-state index contributed by atoms with van der Waals surface area (Å²) in [5.41, 5.74) is 1.99. The summed E-state index contributed by atoms with van der Waals surface area (Å²) in [7, 11) is 0. The van der Waals surface area contributed by atoms with E-state index in [1.165, 1.54) is 11.0 Å². The first kappa shape index (κ1) is 15.0. The van der Waals surface area contributed by atoms with Crippen molar-refractivity contribution in [3.8, 4) is 0 Å². The molecule has 0 radical (unpaired) electrons. The zero-order valence-corrected chi connectivity index (χ0v) is 11.9. The van der Waals surface area contributed by atoms with E-state index >= 15 is 0 Å². The van der Waals surface area contributed by atoms with Gasteiger partial charge in [0.05, 0.1) is 0 Å². The average molecular weight is 290 g/mol. The Morgan fingerprint density at radius 3 is 2.52 bits per heavy atom. The minimum absolute atomic E-state index is 0.213. The van der Waals surface area contributed by atoms with E-state index in [1.54, 1.807) is 0 Å². The minimum atomic E-state index is -0.994. The largest absolute Gasteiger partial charge is 0.326 e. The van der Waals surface area contributed by atoms with Gasteiger partial charge in [-0.3, -0.25) is 4.90 Å². The Hall–Kier alpha value is -2.43. The molecule has 2 amide bonds. The van der Waals surface area contributed by atoms with E-state index in [2.05, 4.69) is 5.32 Å². The number of urea groups is 1. The average Bonchev–Trinajstić information content (AvgIpc) is 2.44. The molecule has 0 aliphatic carbocycles. The number of amides is 2. The molecule has 0 aliphatic heterocycles. The van der Waals surface area contributed by atoms with Gasteiger partial charge in [-0.2, -0.15) is 0 Å². The third-order valence-corrected chi connectivity index (χ3v) is 3.05. The molecule has 0 spiro atoms. The molecule has 21 heavy (non-hydrogen) atoms. The van der Waals surface area contributed by atoms with Gasteiger partial charge < -0.3 is 5.32 Å². The van der Waals surface area contributed by atoms with Crippen LogP contribution in [0.3, 0.4) is 0 Å². The molecule has 0 atom stereocenters. The first-order valence-electron chi connectivity index (χ1n) is 6.61. The van der Waals surface area contributed by atoms with Gasteiger partial charge in [-0.1, -0.05) is 12.1 Å². The summed E-state index contributed by atoms with van der Waals surface area (Å²) in [5, 5.41) is 2.56. The van der Waals surface area contributed by atoms with Crippen LogP contribution in [0.15, 0.2) is 42.5 Å². The highest BCUT2D eigenvalue weighted by Crippen LogP contribution is 2.18. The van der Waals surface area contributed by atoms with Crippen molar-refractivity contribution in [1.29, 1.82) is 0 Å². The molecular weight excluding hydrogens is 274 g/mol. The molecule has 0 bridgehead atoms. The molecule has 0 unspecified atom stereocenters. The predicted octanol–water partition coefficient (Wildman–Crippen LogP) is 4.33. The van der Waals surface area contributed by atoms with Crippen molar-refractivity contribution < 1.29 is 13.6 Å². The fourth-order valence-corrected chi connectivity index (χ4v) is 2.00. The number of benzene rings is 2. The molecule has 0 saturated heterocycles. The number of halogens is 2. The second-order valence-corrected chi connectivity index (χ2v) is 4.64. The van der Waals surface area contributed by atoms with Crippen molar-refractivity contribution in [2.75, 3.05) is 16.8 Å². The highest BCUT2D eigenvalue weighted by Gasteiger charge is 2.14. The number of rotatable bonds is 3. The lowest BCUT2D eigenvalue weighted by molar-refractivity contribution is 0.257. The van der Waals surface area contributed by atoms with Crippen molar-refractivity contribution in [3.05, 3.63) is 59.7 Å². The summed E-state index contributed by atoms with van der Waals surface area (Å²) in [6.07, 6.45) is 0. The Morgan fingerprint density at radius 2 is 1.90 bits per heavy atom. The zero-order chi connectivity index (χ0) is 15.4. The van der Waals surface area contributed by atoms with E-state index in [4.69, 9.17) is 0 Å². The predicted molar refractivity (Wildman–Crippen MR) is 79.6 cm³/mol. The smallest absolute Gasteiger partial charge is 0.307 e. The van der Waals surface area contributed by atoms with Crippen molar-refractivity contribution in [2.45, 2.75) is 13.8 Å². The summed E-state index contributed by atoms with van der Waals surface area (Å²) >= 11 is 0. The lowest BCUT2D eigenvalue weighted by Crippen LogP contribution is -2.34. The molecule has 110 valence electrons. The van der Waals surface area contributed by atoms with Gasteiger partial charge in [0.25, 0.3) is 0 Å². The van der Waals surface area contributed by atoms with Crippen LogP contribution in [-0.4, -0.2) is 12.6 Å². The number of anilines is 2. The summed E-state index contributed by atoms with van der Waals surface area (Å²) in [4.78, 5) is 13.8. The van der Waals surface area contributed by atoms with Crippen LogP contribution in [0.2, 0.25) is 0 Å². The number of nitrogens with zero attached hydrogens (tertiary/aromatic N) is 1. The van der Waals surface area contributed by atoms with Gasteiger partial charge in [-0.15, -0.1) is 0 Å². The third-order valence-electron chi connectivity index (χ3n) is 3.05. The van der Waals surface area contributed by atoms with E-state index in [0.29, 0.717) is 6.54 Å². The van der Waals surface area contributed by atoms with Crippen LogP contribution in [0.25, 0.3) is 0 Å². The first-order valence-corrected chi connectivity index (χ1v) is 6.61. The van der Waals surface area contributed by atoms with Crippen LogP contribution in [-0.2, 0) is 0 Å². The quantitative estimate of drug-likeness (QED) is 0.896. The first-order chi connectivity index (χ1) is 10.0. The number of nitrogens with one attached hydrogen (secondary N) is 1. The summed E-state index contributed by atoms with van der Waals surface area (Å²) in [6.45, 7) is 4.23. The normalized spacial score (nSPS) is 10.3. The van der Waals surface area contributed by atoms with Crippen molar-refractivity contribution >= 4 is 17.4 Å². The zero-order valence-electron chi connectivity index (χ0n) is 11.9. The van der Waals surface area contributed by atoms with Crippen LogP contribution in [0.1, 0.15) is 12.5 Å². The Bertz CT molecular complexity index is 658. The Kier molecular flexibility index (Phi) is 4.52. The van der Waals surface area contributed by atoms with Gasteiger partial charge in [-0.05, 0) is 43.7 Å². The van der Waals surface area contributed by atoms with Crippen molar-refractivity contribution in [3.63, 3.8) is 0 Å². The highest BCUT2D eigenvalue weighted by molar-refractivity contribution is 6.01. The van der Waals surface area contributed by atoms with E-state index in [0.717, 1.165) is 23.4 Å².